The number of amides is 1. The van der Waals surface area contributed by atoms with Gasteiger partial charge in [0, 0.05) is 17.8 Å². The molecule has 3 aliphatic rings. The SMILES string of the molecule is O=Cc1ncc2c(n1)N(c1ccc(OC3CCCCC3)nc1)C(=O)C21CC1. The first kappa shape index (κ1) is 16.4. The lowest BCUT2D eigenvalue weighted by atomic mass is 9.98. The molecule has 0 N–H and O–H groups in total. The van der Waals surface area contributed by atoms with Crippen LogP contribution in [0.4, 0.5) is 11.5 Å². The highest BCUT2D eigenvalue weighted by Crippen LogP contribution is 2.58. The molecular weight excluding hydrogens is 344 g/mol. The second-order valence-electron chi connectivity index (χ2n) is 7.54. The number of carbonyl (C=O) groups excluding carboxylic acids is 2. The zero-order valence-corrected chi connectivity index (χ0v) is 14.9. The number of carbonyl (C=O) groups is 2. The van der Waals surface area contributed by atoms with Crippen LogP contribution in [-0.2, 0) is 10.2 Å². The van der Waals surface area contributed by atoms with Gasteiger partial charge >= 0.3 is 0 Å². The minimum Gasteiger partial charge on any atom is -0.474 e. The topological polar surface area (TPSA) is 85.3 Å². The summed E-state index contributed by atoms with van der Waals surface area (Å²) in [5.41, 5.74) is 0.922. The highest BCUT2D eigenvalue weighted by molar-refractivity contribution is 6.13. The Hall–Kier alpha value is -2.83. The first-order chi connectivity index (χ1) is 13.2. The Kier molecular flexibility index (Phi) is 3.70. The summed E-state index contributed by atoms with van der Waals surface area (Å²) >= 11 is 0. The highest BCUT2D eigenvalue weighted by Gasteiger charge is 2.60. The van der Waals surface area contributed by atoms with Gasteiger partial charge in [0.1, 0.15) is 11.9 Å². The molecule has 0 radical (unpaired) electrons. The molecule has 2 aromatic heterocycles. The molecule has 2 fully saturated rings. The third kappa shape index (κ3) is 2.60. The first-order valence-corrected chi connectivity index (χ1v) is 9.51. The molecule has 7 nitrogen and oxygen atoms in total. The van der Waals surface area contributed by atoms with Crippen molar-refractivity contribution in [3.63, 3.8) is 0 Å². The van der Waals surface area contributed by atoms with E-state index < -0.39 is 5.41 Å². The zero-order chi connectivity index (χ0) is 18.4. The molecule has 0 bridgehead atoms. The average molecular weight is 364 g/mol. The third-order valence-corrected chi connectivity index (χ3v) is 5.80. The van der Waals surface area contributed by atoms with Crippen molar-refractivity contribution in [1.29, 1.82) is 0 Å². The molecule has 138 valence electrons. The van der Waals surface area contributed by atoms with Crippen molar-refractivity contribution < 1.29 is 14.3 Å². The fraction of sp³-hybridized carbons (Fsp3) is 0.450. The van der Waals surface area contributed by atoms with Crippen molar-refractivity contribution >= 4 is 23.7 Å². The van der Waals surface area contributed by atoms with Gasteiger partial charge < -0.3 is 4.74 Å². The van der Waals surface area contributed by atoms with Crippen molar-refractivity contribution in [3.05, 3.63) is 35.9 Å². The Balaban J connectivity index is 1.44. The van der Waals surface area contributed by atoms with Crippen LogP contribution in [0.2, 0.25) is 0 Å². The molecule has 7 heteroatoms. The molecule has 1 amide bonds. The number of pyridine rings is 1. The summed E-state index contributed by atoms with van der Waals surface area (Å²) in [7, 11) is 0. The fourth-order valence-electron chi connectivity index (χ4n) is 4.15. The van der Waals surface area contributed by atoms with Gasteiger partial charge in [0.2, 0.25) is 11.8 Å². The minimum atomic E-state index is -0.520. The summed E-state index contributed by atoms with van der Waals surface area (Å²) in [6, 6.07) is 3.63. The van der Waals surface area contributed by atoms with E-state index >= 15 is 0 Å². The molecule has 0 aromatic carbocycles. The van der Waals surface area contributed by atoms with Crippen LogP contribution in [0, 0.1) is 0 Å². The Labute approximate surface area is 156 Å². The molecule has 2 aromatic rings. The van der Waals surface area contributed by atoms with Crippen LogP contribution in [0.25, 0.3) is 0 Å². The summed E-state index contributed by atoms with van der Waals surface area (Å²) in [6.07, 6.45) is 11.5. The van der Waals surface area contributed by atoms with Gasteiger partial charge in [-0.1, -0.05) is 6.42 Å². The number of ether oxygens (including phenoxy) is 1. The molecule has 2 saturated carbocycles. The first-order valence-electron chi connectivity index (χ1n) is 9.51. The van der Waals surface area contributed by atoms with Crippen molar-refractivity contribution in [2.75, 3.05) is 4.90 Å². The smallest absolute Gasteiger partial charge is 0.243 e. The second kappa shape index (κ2) is 6.11. The van der Waals surface area contributed by atoms with Gasteiger partial charge in [-0.2, -0.15) is 0 Å². The molecule has 5 rings (SSSR count). The Bertz CT molecular complexity index is 902. The lowest BCUT2D eigenvalue weighted by molar-refractivity contribution is -0.119. The summed E-state index contributed by atoms with van der Waals surface area (Å²) in [5, 5.41) is 0. The van der Waals surface area contributed by atoms with Gasteiger partial charge in [0.25, 0.3) is 0 Å². The van der Waals surface area contributed by atoms with Crippen LogP contribution in [0.5, 0.6) is 5.88 Å². The van der Waals surface area contributed by atoms with E-state index in [1.165, 1.54) is 19.3 Å². The van der Waals surface area contributed by atoms with Crippen LogP contribution in [0.3, 0.4) is 0 Å². The predicted octanol–water partition coefficient (Wildman–Crippen LogP) is 3.11. The van der Waals surface area contributed by atoms with Crippen molar-refractivity contribution in [2.45, 2.75) is 56.5 Å². The lowest BCUT2D eigenvalue weighted by Crippen LogP contribution is -2.28. The van der Waals surface area contributed by atoms with E-state index in [0.29, 0.717) is 23.7 Å². The van der Waals surface area contributed by atoms with E-state index in [-0.39, 0.29) is 17.8 Å². The molecule has 0 unspecified atom stereocenters. The van der Waals surface area contributed by atoms with E-state index in [4.69, 9.17) is 4.74 Å². The molecule has 27 heavy (non-hydrogen) atoms. The number of fused-ring (bicyclic) bond motifs is 2. The summed E-state index contributed by atoms with van der Waals surface area (Å²) in [6.45, 7) is 0. The van der Waals surface area contributed by atoms with E-state index in [1.54, 1.807) is 23.4 Å². The van der Waals surface area contributed by atoms with Gasteiger partial charge in [0.05, 0.1) is 17.3 Å². The maximum atomic E-state index is 13.1. The van der Waals surface area contributed by atoms with Gasteiger partial charge in [-0.3, -0.25) is 14.5 Å². The number of hydrogen-bond donors (Lipinski definition) is 0. The van der Waals surface area contributed by atoms with Gasteiger partial charge in [-0.05, 0) is 44.6 Å². The van der Waals surface area contributed by atoms with E-state index in [2.05, 4.69) is 15.0 Å². The molecule has 0 saturated heterocycles. The number of hydrogen-bond acceptors (Lipinski definition) is 6. The molecule has 3 heterocycles. The highest BCUT2D eigenvalue weighted by atomic mass is 16.5. The normalized spacial score (nSPS) is 20.6. The molecular formula is C20H20N4O3. The van der Waals surface area contributed by atoms with E-state index in [0.717, 1.165) is 31.2 Å². The summed E-state index contributed by atoms with van der Waals surface area (Å²) < 4.78 is 5.97. The third-order valence-electron chi connectivity index (χ3n) is 5.80. The Morgan fingerprint density at radius 2 is 1.93 bits per heavy atom. The zero-order valence-electron chi connectivity index (χ0n) is 14.9. The van der Waals surface area contributed by atoms with E-state index in [9.17, 15) is 9.59 Å². The second-order valence-corrected chi connectivity index (χ2v) is 7.54. The van der Waals surface area contributed by atoms with Crippen molar-refractivity contribution in [3.8, 4) is 5.88 Å². The molecule has 0 atom stereocenters. The standard InChI is InChI=1S/C20H20N4O3/c25-12-16-21-11-15-18(23-16)24(19(26)20(15)8-9-20)13-6-7-17(22-10-13)27-14-4-2-1-3-5-14/h6-7,10-12,14H,1-5,8-9H2. The Morgan fingerprint density at radius 1 is 1.11 bits per heavy atom. The summed E-state index contributed by atoms with van der Waals surface area (Å²) in [4.78, 5) is 38.5. The van der Waals surface area contributed by atoms with Gasteiger partial charge in [-0.15, -0.1) is 0 Å². The monoisotopic (exact) mass is 364 g/mol. The molecule has 1 aliphatic heterocycles. The number of anilines is 2. The van der Waals surface area contributed by atoms with Crippen molar-refractivity contribution in [2.24, 2.45) is 0 Å². The summed E-state index contributed by atoms with van der Waals surface area (Å²) in [5.74, 6) is 1.14. The van der Waals surface area contributed by atoms with Crippen LogP contribution >= 0.6 is 0 Å². The maximum Gasteiger partial charge on any atom is 0.243 e. The average Bonchev–Trinajstić information content (AvgIpc) is 3.48. The fourth-order valence-corrected chi connectivity index (χ4v) is 4.15. The number of nitrogens with zero attached hydrogens (tertiary/aromatic N) is 4. The van der Waals surface area contributed by atoms with E-state index in [1.807, 2.05) is 6.07 Å². The van der Waals surface area contributed by atoms with Crippen LogP contribution < -0.4 is 9.64 Å². The van der Waals surface area contributed by atoms with Crippen LogP contribution in [0.1, 0.15) is 61.1 Å². The van der Waals surface area contributed by atoms with Gasteiger partial charge in [-0.25, -0.2) is 15.0 Å². The lowest BCUT2D eigenvalue weighted by Gasteiger charge is -2.23. The van der Waals surface area contributed by atoms with Crippen LogP contribution in [0.15, 0.2) is 24.5 Å². The Morgan fingerprint density at radius 3 is 2.59 bits per heavy atom. The minimum absolute atomic E-state index is 0.0161. The molecule has 1 spiro atoms. The largest absolute Gasteiger partial charge is 0.474 e. The van der Waals surface area contributed by atoms with Crippen LogP contribution in [-0.4, -0.2) is 33.2 Å². The van der Waals surface area contributed by atoms with Crippen molar-refractivity contribution in [1.82, 2.24) is 15.0 Å². The maximum absolute atomic E-state index is 13.1. The predicted molar refractivity (Wildman–Crippen MR) is 97.2 cm³/mol. The van der Waals surface area contributed by atoms with Gasteiger partial charge in [0.15, 0.2) is 12.1 Å². The quantitative estimate of drug-likeness (QED) is 0.775. The number of aromatic nitrogens is 3. The molecule has 2 aliphatic carbocycles. The number of rotatable bonds is 4. The number of aldehydes is 1.